The van der Waals surface area contributed by atoms with Crippen LogP contribution in [0.3, 0.4) is 0 Å². The van der Waals surface area contributed by atoms with Gasteiger partial charge < -0.3 is 9.80 Å². The highest BCUT2D eigenvalue weighted by Gasteiger charge is 2.47. The van der Waals surface area contributed by atoms with Crippen LogP contribution in [-0.4, -0.2) is 72.5 Å². The van der Waals surface area contributed by atoms with Crippen LogP contribution >= 0.6 is 0 Å². The zero-order valence-electron chi connectivity index (χ0n) is 13.8. The summed E-state index contributed by atoms with van der Waals surface area (Å²) < 4.78 is 0. The molecule has 0 unspecified atom stereocenters. The molecule has 4 heteroatoms. The lowest BCUT2D eigenvalue weighted by Gasteiger charge is -2.51. The molecule has 2 saturated carbocycles. The van der Waals surface area contributed by atoms with Gasteiger partial charge in [0.2, 0.25) is 5.91 Å². The molecule has 0 radical (unpaired) electrons. The van der Waals surface area contributed by atoms with E-state index in [2.05, 4.69) is 28.8 Å². The van der Waals surface area contributed by atoms with Crippen molar-refractivity contribution in [3.8, 4) is 0 Å². The fourth-order valence-electron chi connectivity index (χ4n) is 4.30. The monoisotopic (exact) mass is 293 g/mol. The summed E-state index contributed by atoms with van der Waals surface area (Å²) >= 11 is 0. The predicted octanol–water partition coefficient (Wildman–Crippen LogP) is 1.95. The fourth-order valence-corrected chi connectivity index (χ4v) is 4.30. The molecule has 0 spiro atoms. The molecule has 3 fully saturated rings. The van der Waals surface area contributed by atoms with Crippen LogP contribution in [0.25, 0.3) is 0 Å². The summed E-state index contributed by atoms with van der Waals surface area (Å²) in [6, 6.07) is 0.517. The molecule has 21 heavy (non-hydrogen) atoms. The third-order valence-corrected chi connectivity index (χ3v) is 6.13. The number of amides is 1. The molecule has 0 aromatic carbocycles. The van der Waals surface area contributed by atoms with Crippen LogP contribution in [0.15, 0.2) is 0 Å². The summed E-state index contributed by atoms with van der Waals surface area (Å²) in [5.74, 6) is 0.427. The van der Waals surface area contributed by atoms with Crippen LogP contribution in [0.2, 0.25) is 0 Å². The normalized spacial score (nSPS) is 28.1. The number of piperazine rings is 1. The van der Waals surface area contributed by atoms with Gasteiger partial charge >= 0.3 is 0 Å². The standard InChI is InChI=1S/C17H31N3O/c1-18-11-13-20(14-12-18)17(9-4-3-5-10-17)16(21)19(2)15-7-6-8-15/h15H,3-14H2,1-2H3. The van der Waals surface area contributed by atoms with Gasteiger partial charge in [-0.05, 0) is 39.2 Å². The highest BCUT2D eigenvalue weighted by Crippen LogP contribution is 2.37. The molecule has 3 aliphatic rings. The summed E-state index contributed by atoms with van der Waals surface area (Å²) in [7, 11) is 4.24. The molecule has 2 aliphatic carbocycles. The van der Waals surface area contributed by atoms with Crippen molar-refractivity contribution in [3.63, 3.8) is 0 Å². The summed E-state index contributed by atoms with van der Waals surface area (Å²) in [6.45, 7) is 4.31. The van der Waals surface area contributed by atoms with Crippen LogP contribution < -0.4 is 0 Å². The Morgan fingerprint density at radius 2 is 1.62 bits per heavy atom. The summed E-state index contributed by atoms with van der Waals surface area (Å²) in [5.41, 5.74) is -0.177. The predicted molar refractivity (Wildman–Crippen MR) is 85.3 cm³/mol. The Kier molecular flexibility index (Phi) is 4.55. The number of nitrogens with zero attached hydrogens (tertiary/aromatic N) is 3. The first kappa shape index (κ1) is 15.3. The minimum absolute atomic E-state index is 0.177. The zero-order chi connectivity index (χ0) is 14.9. The van der Waals surface area contributed by atoms with E-state index in [0.717, 1.165) is 39.0 Å². The summed E-state index contributed by atoms with van der Waals surface area (Å²) in [4.78, 5) is 20.3. The van der Waals surface area contributed by atoms with Gasteiger partial charge in [-0.15, -0.1) is 0 Å². The fraction of sp³-hybridized carbons (Fsp3) is 0.941. The first-order valence-electron chi connectivity index (χ1n) is 8.84. The first-order chi connectivity index (χ1) is 10.1. The summed E-state index contributed by atoms with van der Waals surface area (Å²) in [6.07, 6.45) is 9.61. The molecule has 0 aromatic rings. The van der Waals surface area contributed by atoms with Crippen molar-refractivity contribution < 1.29 is 4.79 Å². The van der Waals surface area contributed by atoms with Crippen LogP contribution in [0.5, 0.6) is 0 Å². The van der Waals surface area contributed by atoms with E-state index in [1.165, 1.54) is 38.5 Å². The zero-order valence-corrected chi connectivity index (χ0v) is 13.8. The Hall–Kier alpha value is -0.610. The van der Waals surface area contributed by atoms with E-state index in [0.29, 0.717) is 11.9 Å². The lowest BCUT2D eigenvalue weighted by Crippen LogP contribution is -2.65. The van der Waals surface area contributed by atoms with Crippen molar-refractivity contribution in [2.75, 3.05) is 40.3 Å². The smallest absolute Gasteiger partial charge is 0.243 e. The second kappa shape index (κ2) is 6.25. The maximum absolute atomic E-state index is 13.3. The number of carbonyl (C=O) groups is 1. The number of hydrogen-bond acceptors (Lipinski definition) is 3. The molecule has 120 valence electrons. The van der Waals surface area contributed by atoms with Gasteiger partial charge in [-0.25, -0.2) is 0 Å². The average molecular weight is 293 g/mol. The maximum atomic E-state index is 13.3. The van der Waals surface area contributed by atoms with Crippen molar-refractivity contribution in [2.24, 2.45) is 0 Å². The van der Waals surface area contributed by atoms with Crippen molar-refractivity contribution >= 4 is 5.91 Å². The third kappa shape index (κ3) is 2.85. The molecule has 0 N–H and O–H groups in total. The topological polar surface area (TPSA) is 26.8 Å². The Balaban J connectivity index is 1.77. The second-order valence-corrected chi connectivity index (χ2v) is 7.38. The molecule has 0 aromatic heterocycles. The van der Waals surface area contributed by atoms with E-state index in [9.17, 15) is 4.79 Å². The molecular weight excluding hydrogens is 262 g/mol. The van der Waals surface area contributed by atoms with Crippen LogP contribution in [0, 0.1) is 0 Å². The largest absolute Gasteiger partial charge is 0.341 e. The van der Waals surface area contributed by atoms with E-state index in [-0.39, 0.29) is 5.54 Å². The van der Waals surface area contributed by atoms with Gasteiger partial charge in [0.25, 0.3) is 0 Å². The van der Waals surface area contributed by atoms with Gasteiger partial charge in [-0.1, -0.05) is 19.3 Å². The lowest BCUT2D eigenvalue weighted by atomic mass is 9.77. The van der Waals surface area contributed by atoms with E-state index < -0.39 is 0 Å². The van der Waals surface area contributed by atoms with Crippen molar-refractivity contribution in [1.29, 1.82) is 0 Å². The number of carbonyl (C=O) groups excluding carboxylic acids is 1. The Morgan fingerprint density at radius 1 is 1.00 bits per heavy atom. The molecule has 1 amide bonds. The minimum atomic E-state index is -0.177. The molecule has 1 saturated heterocycles. The van der Waals surface area contributed by atoms with E-state index in [1.54, 1.807) is 0 Å². The van der Waals surface area contributed by atoms with E-state index in [1.807, 2.05) is 0 Å². The van der Waals surface area contributed by atoms with Crippen LogP contribution in [0.1, 0.15) is 51.4 Å². The quantitative estimate of drug-likeness (QED) is 0.796. The van der Waals surface area contributed by atoms with Gasteiger partial charge in [0.15, 0.2) is 0 Å². The Morgan fingerprint density at radius 3 is 2.14 bits per heavy atom. The number of rotatable bonds is 3. The van der Waals surface area contributed by atoms with Gasteiger partial charge in [-0.2, -0.15) is 0 Å². The van der Waals surface area contributed by atoms with Gasteiger partial charge in [-0.3, -0.25) is 9.69 Å². The van der Waals surface area contributed by atoms with Crippen molar-refractivity contribution in [1.82, 2.24) is 14.7 Å². The third-order valence-electron chi connectivity index (χ3n) is 6.13. The molecule has 4 nitrogen and oxygen atoms in total. The summed E-state index contributed by atoms with van der Waals surface area (Å²) in [5, 5.41) is 0. The Labute approximate surface area is 129 Å². The number of likely N-dealkylation sites (N-methyl/N-ethyl adjacent to an activating group) is 2. The molecule has 0 bridgehead atoms. The molecule has 3 rings (SSSR count). The minimum Gasteiger partial charge on any atom is -0.341 e. The molecule has 1 aliphatic heterocycles. The molecule has 1 heterocycles. The highest BCUT2D eigenvalue weighted by molar-refractivity contribution is 5.86. The SMILES string of the molecule is CN1CCN(C2(C(=O)N(C)C3CCC3)CCCCC2)CC1. The van der Waals surface area contributed by atoms with Crippen molar-refractivity contribution in [2.45, 2.75) is 62.9 Å². The van der Waals surface area contributed by atoms with Gasteiger partial charge in [0.05, 0.1) is 0 Å². The molecule has 0 atom stereocenters. The van der Waals surface area contributed by atoms with E-state index in [4.69, 9.17) is 0 Å². The van der Waals surface area contributed by atoms with Gasteiger partial charge in [0, 0.05) is 39.3 Å². The average Bonchev–Trinajstić information content (AvgIpc) is 2.46. The van der Waals surface area contributed by atoms with Crippen molar-refractivity contribution in [3.05, 3.63) is 0 Å². The van der Waals surface area contributed by atoms with E-state index >= 15 is 0 Å². The van der Waals surface area contributed by atoms with Gasteiger partial charge in [0.1, 0.15) is 5.54 Å². The number of hydrogen-bond donors (Lipinski definition) is 0. The highest BCUT2D eigenvalue weighted by atomic mass is 16.2. The molecular formula is C17H31N3O. The van der Waals surface area contributed by atoms with Crippen LogP contribution in [-0.2, 0) is 4.79 Å². The second-order valence-electron chi connectivity index (χ2n) is 7.38. The Bertz CT molecular complexity index is 366. The first-order valence-corrected chi connectivity index (χ1v) is 8.84. The van der Waals surface area contributed by atoms with Crippen LogP contribution in [0.4, 0.5) is 0 Å². The lowest BCUT2D eigenvalue weighted by molar-refractivity contribution is -0.151. The maximum Gasteiger partial charge on any atom is 0.243 e.